The summed E-state index contributed by atoms with van der Waals surface area (Å²) in [6.45, 7) is 4.58. The second-order valence-electron chi connectivity index (χ2n) is 4.46. The lowest BCUT2D eigenvalue weighted by Crippen LogP contribution is -2.28. The summed E-state index contributed by atoms with van der Waals surface area (Å²) in [6, 6.07) is 7.24. The van der Waals surface area contributed by atoms with Gasteiger partial charge < -0.3 is 9.47 Å². The SMILES string of the molecule is CCOC(=O)C1(c2ccc(OCC)cc2)CC1(Cl)Cl. The van der Waals surface area contributed by atoms with E-state index in [1.54, 1.807) is 6.92 Å². The quantitative estimate of drug-likeness (QED) is 0.617. The number of carbonyl (C=O) groups excluding carboxylic acids is 1. The molecule has 104 valence electrons. The summed E-state index contributed by atoms with van der Waals surface area (Å²) in [5, 5.41) is 0. The highest BCUT2D eigenvalue weighted by molar-refractivity contribution is 6.54. The molecule has 19 heavy (non-hydrogen) atoms. The number of rotatable bonds is 5. The lowest BCUT2D eigenvalue weighted by Gasteiger charge is -2.17. The van der Waals surface area contributed by atoms with Gasteiger partial charge >= 0.3 is 5.97 Å². The smallest absolute Gasteiger partial charge is 0.319 e. The van der Waals surface area contributed by atoms with Crippen LogP contribution in [0.3, 0.4) is 0 Å². The van der Waals surface area contributed by atoms with Crippen molar-refractivity contribution in [1.82, 2.24) is 0 Å². The number of hydrogen-bond acceptors (Lipinski definition) is 3. The molecule has 0 radical (unpaired) electrons. The molecular weight excluding hydrogens is 287 g/mol. The second-order valence-corrected chi connectivity index (χ2v) is 5.95. The minimum absolute atomic E-state index is 0.307. The fourth-order valence-corrected chi connectivity index (χ4v) is 2.97. The third-order valence-corrected chi connectivity index (χ3v) is 4.18. The summed E-state index contributed by atoms with van der Waals surface area (Å²) < 4.78 is 9.38. The zero-order chi connectivity index (χ0) is 14.1. The molecule has 1 fully saturated rings. The lowest BCUT2D eigenvalue weighted by atomic mass is 9.96. The number of esters is 1. The van der Waals surface area contributed by atoms with Gasteiger partial charge in [-0.2, -0.15) is 0 Å². The van der Waals surface area contributed by atoms with Gasteiger partial charge in [0.15, 0.2) is 0 Å². The molecule has 0 saturated heterocycles. The van der Waals surface area contributed by atoms with Crippen LogP contribution in [-0.4, -0.2) is 23.5 Å². The highest BCUT2D eigenvalue weighted by atomic mass is 35.5. The van der Waals surface area contributed by atoms with Crippen LogP contribution in [0.25, 0.3) is 0 Å². The van der Waals surface area contributed by atoms with Gasteiger partial charge in [0.25, 0.3) is 0 Å². The van der Waals surface area contributed by atoms with E-state index in [9.17, 15) is 4.79 Å². The van der Waals surface area contributed by atoms with E-state index in [0.717, 1.165) is 11.3 Å². The maximum Gasteiger partial charge on any atom is 0.319 e. The van der Waals surface area contributed by atoms with E-state index in [1.807, 2.05) is 31.2 Å². The van der Waals surface area contributed by atoms with Crippen molar-refractivity contribution >= 4 is 29.2 Å². The molecule has 1 aromatic carbocycles. The van der Waals surface area contributed by atoms with Crippen molar-refractivity contribution in [3.8, 4) is 5.75 Å². The van der Waals surface area contributed by atoms with Crippen molar-refractivity contribution in [3.63, 3.8) is 0 Å². The van der Waals surface area contributed by atoms with E-state index in [-0.39, 0.29) is 5.97 Å². The topological polar surface area (TPSA) is 35.5 Å². The summed E-state index contributed by atoms with van der Waals surface area (Å²) in [4.78, 5) is 12.1. The van der Waals surface area contributed by atoms with E-state index in [2.05, 4.69) is 0 Å². The minimum atomic E-state index is -1.09. The summed E-state index contributed by atoms with van der Waals surface area (Å²) >= 11 is 12.3. The van der Waals surface area contributed by atoms with Gasteiger partial charge in [-0.3, -0.25) is 4.79 Å². The third kappa shape index (κ3) is 2.41. The second kappa shape index (κ2) is 5.22. The number of carbonyl (C=O) groups is 1. The normalized spacial score (nSPS) is 23.8. The van der Waals surface area contributed by atoms with E-state index in [4.69, 9.17) is 32.7 Å². The highest BCUT2D eigenvalue weighted by Gasteiger charge is 2.73. The predicted molar refractivity (Wildman–Crippen MR) is 75.0 cm³/mol. The number of halogens is 2. The Morgan fingerprint density at radius 1 is 1.21 bits per heavy atom. The van der Waals surface area contributed by atoms with Crippen LogP contribution in [0.1, 0.15) is 25.8 Å². The van der Waals surface area contributed by atoms with Crippen LogP contribution in [0.15, 0.2) is 24.3 Å². The fraction of sp³-hybridized carbons (Fsp3) is 0.500. The molecule has 1 saturated carbocycles. The van der Waals surface area contributed by atoms with Crippen molar-refractivity contribution in [3.05, 3.63) is 29.8 Å². The zero-order valence-corrected chi connectivity index (χ0v) is 12.4. The van der Waals surface area contributed by atoms with E-state index in [0.29, 0.717) is 19.6 Å². The summed E-state index contributed by atoms with van der Waals surface area (Å²) in [6.07, 6.45) is 0.371. The van der Waals surface area contributed by atoms with Gasteiger partial charge in [0.2, 0.25) is 0 Å². The Balaban J connectivity index is 2.29. The molecule has 1 aliphatic carbocycles. The summed E-state index contributed by atoms with van der Waals surface area (Å²) in [5.41, 5.74) is -0.184. The maximum atomic E-state index is 12.1. The van der Waals surface area contributed by atoms with Gasteiger partial charge in [0.05, 0.1) is 13.2 Å². The highest BCUT2D eigenvalue weighted by Crippen LogP contribution is 2.65. The molecule has 1 aromatic rings. The monoisotopic (exact) mass is 302 g/mol. The molecule has 0 heterocycles. The van der Waals surface area contributed by atoms with Crippen LogP contribution in [-0.2, 0) is 14.9 Å². The first-order valence-corrected chi connectivity index (χ1v) is 7.02. The third-order valence-electron chi connectivity index (χ3n) is 3.27. The Morgan fingerprint density at radius 2 is 1.79 bits per heavy atom. The van der Waals surface area contributed by atoms with Gasteiger partial charge in [0.1, 0.15) is 15.5 Å². The molecule has 0 amide bonds. The molecule has 1 atom stereocenters. The van der Waals surface area contributed by atoms with Crippen LogP contribution in [0, 0.1) is 0 Å². The average molecular weight is 303 g/mol. The largest absolute Gasteiger partial charge is 0.494 e. The Morgan fingerprint density at radius 3 is 2.21 bits per heavy atom. The van der Waals surface area contributed by atoms with Crippen LogP contribution >= 0.6 is 23.2 Å². The molecule has 0 bridgehead atoms. The van der Waals surface area contributed by atoms with Crippen LogP contribution in [0.5, 0.6) is 5.75 Å². The van der Waals surface area contributed by atoms with Crippen molar-refractivity contribution in [2.24, 2.45) is 0 Å². The average Bonchev–Trinajstić information content (AvgIpc) is 2.96. The number of hydrogen-bond donors (Lipinski definition) is 0. The molecule has 2 rings (SSSR count). The van der Waals surface area contributed by atoms with Gasteiger partial charge in [0, 0.05) is 6.42 Å². The number of benzene rings is 1. The van der Waals surface area contributed by atoms with Gasteiger partial charge in [-0.05, 0) is 31.5 Å². The molecule has 0 N–H and O–H groups in total. The molecule has 0 aliphatic heterocycles. The summed E-state index contributed by atoms with van der Waals surface area (Å²) in [5.74, 6) is 0.379. The molecule has 1 aliphatic rings. The van der Waals surface area contributed by atoms with Crippen molar-refractivity contribution in [1.29, 1.82) is 0 Å². The first-order chi connectivity index (χ1) is 8.98. The van der Waals surface area contributed by atoms with Crippen LogP contribution in [0.2, 0.25) is 0 Å². The maximum absolute atomic E-state index is 12.1. The zero-order valence-electron chi connectivity index (χ0n) is 10.9. The predicted octanol–water partition coefficient (Wildman–Crippen LogP) is 3.46. The minimum Gasteiger partial charge on any atom is -0.494 e. The standard InChI is InChI=1S/C14H16Cl2O3/c1-3-18-11-7-5-10(6-8-11)13(9-14(13,15)16)12(17)19-4-2/h5-8H,3-4,9H2,1-2H3. The molecule has 0 spiro atoms. The molecule has 0 aromatic heterocycles. The molecule has 1 unspecified atom stereocenters. The summed E-state index contributed by atoms with van der Waals surface area (Å²) in [7, 11) is 0. The molecule has 3 nitrogen and oxygen atoms in total. The number of ether oxygens (including phenoxy) is 2. The van der Waals surface area contributed by atoms with E-state index >= 15 is 0 Å². The van der Waals surface area contributed by atoms with Gasteiger partial charge in [-0.1, -0.05) is 35.3 Å². The lowest BCUT2D eigenvalue weighted by molar-refractivity contribution is -0.146. The Kier molecular flexibility index (Phi) is 3.98. The van der Waals surface area contributed by atoms with E-state index < -0.39 is 9.75 Å². The first kappa shape index (κ1) is 14.5. The fourth-order valence-electron chi connectivity index (χ4n) is 2.20. The van der Waals surface area contributed by atoms with Crippen LogP contribution in [0.4, 0.5) is 0 Å². The van der Waals surface area contributed by atoms with Crippen molar-refractivity contribution in [2.45, 2.75) is 30.0 Å². The Hall–Kier alpha value is -0.930. The Bertz CT molecular complexity index is 470. The van der Waals surface area contributed by atoms with Gasteiger partial charge in [-0.15, -0.1) is 0 Å². The van der Waals surface area contributed by atoms with Crippen molar-refractivity contribution in [2.75, 3.05) is 13.2 Å². The van der Waals surface area contributed by atoms with Crippen molar-refractivity contribution < 1.29 is 14.3 Å². The Labute approximate surface area is 122 Å². The molecular formula is C14H16Cl2O3. The van der Waals surface area contributed by atoms with Crippen LogP contribution < -0.4 is 4.74 Å². The number of alkyl halides is 2. The van der Waals surface area contributed by atoms with Gasteiger partial charge in [-0.25, -0.2) is 0 Å². The molecule has 5 heteroatoms. The first-order valence-electron chi connectivity index (χ1n) is 6.26. The van der Waals surface area contributed by atoms with E-state index in [1.165, 1.54) is 0 Å².